The van der Waals surface area contributed by atoms with Crippen molar-refractivity contribution in [1.82, 2.24) is 0 Å². The second kappa shape index (κ2) is 10.0. The van der Waals surface area contributed by atoms with Crippen LogP contribution in [0.1, 0.15) is 31.4 Å². The first-order valence-corrected chi connectivity index (χ1v) is 9.48. The second-order valence-corrected chi connectivity index (χ2v) is 6.89. The van der Waals surface area contributed by atoms with Crippen LogP contribution in [0.2, 0.25) is 0 Å². The lowest BCUT2D eigenvalue weighted by Gasteiger charge is -2.30. The van der Waals surface area contributed by atoms with Gasteiger partial charge >= 0.3 is 0 Å². The summed E-state index contributed by atoms with van der Waals surface area (Å²) in [5.74, 6) is -0.492. The quantitative estimate of drug-likeness (QED) is 0.436. The molecular formula is C24H26O6. The smallest absolute Gasteiger partial charge is 0.261 e. The highest BCUT2D eigenvalue weighted by Gasteiger charge is 2.27. The van der Waals surface area contributed by atoms with Gasteiger partial charge in [-0.15, -0.1) is 0 Å². The highest BCUT2D eigenvalue weighted by molar-refractivity contribution is 5.92. The summed E-state index contributed by atoms with van der Waals surface area (Å²) in [6.07, 6.45) is -0.356. The summed E-state index contributed by atoms with van der Waals surface area (Å²) in [5.41, 5.74) is 1.69. The highest BCUT2D eigenvalue weighted by atomic mass is 16.6. The molecule has 0 aliphatic heterocycles. The zero-order valence-corrected chi connectivity index (χ0v) is 17.1. The molecule has 2 aromatic carbocycles. The molecule has 2 atom stereocenters. The van der Waals surface area contributed by atoms with Crippen molar-refractivity contribution < 1.29 is 29.3 Å². The molecule has 158 valence electrons. The zero-order valence-electron chi connectivity index (χ0n) is 17.1. The number of ketones is 2. The van der Waals surface area contributed by atoms with Crippen molar-refractivity contribution in [3.63, 3.8) is 0 Å². The molecule has 0 spiro atoms. The van der Waals surface area contributed by atoms with Crippen molar-refractivity contribution in [1.29, 1.82) is 0 Å². The molecule has 0 aliphatic rings. The predicted octanol–water partition coefficient (Wildman–Crippen LogP) is 3.31. The van der Waals surface area contributed by atoms with Crippen LogP contribution in [0, 0.1) is 0 Å². The molecule has 2 rings (SSSR count). The van der Waals surface area contributed by atoms with Crippen molar-refractivity contribution in [2.75, 3.05) is 0 Å². The van der Waals surface area contributed by atoms with E-state index in [1.54, 1.807) is 24.3 Å². The molecule has 0 amide bonds. The molecule has 0 saturated carbocycles. The monoisotopic (exact) mass is 410 g/mol. The highest BCUT2D eigenvalue weighted by Crippen LogP contribution is 2.36. The fourth-order valence-corrected chi connectivity index (χ4v) is 2.95. The molecular weight excluding hydrogens is 384 g/mol. The second-order valence-electron chi connectivity index (χ2n) is 6.89. The predicted molar refractivity (Wildman–Crippen MR) is 113 cm³/mol. The summed E-state index contributed by atoms with van der Waals surface area (Å²) in [7, 11) is 0. The fourth-order valence-electron chi connectivity index (χ4n) is 2.95. The third-order valence-electron chi connectivity index (χ3n) is 5.07. The van der Waals surface area contributed by atoms with Crippen LogP contribution in [-0.2, 0) is 15.0 Å². The minimum absolute atomic E-state index is 0.331. The van der Waals surface area contributed by atoms with E-state index in [0.29, 0.717) is 11.5 Å². The molecule has 0 radical (unpaired) electrons. The summed E-state index contributed by atoms with van der Waals surface area (Å²) in [6.45, 7) is 10.8. The Morgan fingerprint density at radius 1 is 0.867 bits per heavy atom. The molecule has 0 saturated heterocycles. The Kier molecular flexibility index (Phi) is 7.69. The first-order chi connectivity index (χ1) is 14.2. The van der Waals surface area contributed by atoms with Crippen molar-refractivity contribution in [2.45, 2.75) is 38.3 Å². The maximum absolute atomic E-state index is 11.4. The largest absolute Gasteiger partial charge is 0.457 e. The van der Waals surface area contributed by atoms with Gasteiger partial charge in [-0.05, 0) is 54.0 Å². The van der Waals surface area contributed by atoms with Gasteiger partial charge in [0.15, 0.2) is 0 Å². The first kappa shape index (κ1) is 23.1. The van der Waals surface area contributed by atoms with Crippen molar-refractivity contribution in [3.8, 4) is 11.5 Å². The van der Waals surface area contributed by atoms with Gasteiger partial charge < -0.3 is 19.7 Å². The van der Waals surface area contributed by atoms with Gasteiger partial charge in [0.2, 0.25) is 11.6 Å². The van der Waals surface area contributed by atoms with Crippen molar-refractivity contribution >= 4 is 11.6 Å². The Hall–Kier alpha value is -3.22. The Morgan fingerprint density at radius 3 is 1.47 bits per heavy atom. The molecule has 6 heteroatoms. The van der Waals surface area contributed by atoms with Gasteiger partial charge in [0.05, 0.1) is 0 Å². The maximum atomic E-state index is 11.4. The fraction of sp³-hybridized carbons (Fsp3) is 0.250. The Labute approximate surface area is 176 Å². The first-order valence-electron chi connectivity index (χ1n) is 9.48. The maximum Gasteiger partial charge on any atom is 0.261 e. The lowest BCUT2D eigenvalue weighted by atomic mass is 9.74. The van der Waals surface area contributed by atoms with Crippen LogP contribution < -0.4 is 9.47 Å². The molecule has 30 heavy (non-hydrogen) atoms. The number of hydrogen-bond acceptors (Lipinski definition) is 6. The molecule has 0 aromatic heterocycles. The van der Waals surface area contributed by atoms with E-state index in [9.17, 15) is 19.8 Å². The van der Waals surface area contributed by atoms with E-state index in [1.807, 2.05) is 24.3 Å². The van der Waals surface area contributed by atoms with Crippen LogP contribution >= 0.6 is 0 Å². The third-order valence-corrected chi connectivity index (χ3v) is 5.07. The van der Waals surface area contributed by atoms with E-state index in [0.717, 1.165) is 29.7 Å². The van der Waals surface area contributed by atoms with Gasteiger partial charge in [-0.2, -0.15) is 0 Å². The molecule has 0 bridgehead atoms. The third kappa shape index (κ3) is 5.23. The Morgan fingerprint density at radius 2 is 1.20 bits per heavy atom. The van der Waals surface area contributed by atoms with E-state index in [1.165, 1.54) is 0 Å². The molecule has 0 aliphatic carbocycles. The number of carbonyl (C=O) groups is 2. The average Bonchev–Trinajstić information content (AvgIpc) is 2.78. The number of ether oxygens (including phenoxy) is 2. The summed E-state index contributed by atoms with van der Waals surface area (Å²) in [6, 6.07) is 14.3. The minimum atomic E-state index is -1.58. The zero-order chi connectivity index (χ0) is 22.3. The topological polar surface area (TPSA) is 93.1 Å². The molecule has 0 fully saturated rings. The number of aliphatic hydroxyl groups excluding tert-OH is 2. The van der Waals surface area contributed by atoms with Gasteiger partial charge in [-0.3, -0.25) is 9.59 Å². The van der Waals surface area contributed by atoms with Crippen molar-refractivity contribution in [3.05, 3.63) is 85.0 Å². The van der Waals surface area contributed by atoms with Crippen LogP contribution in [0.3, 0.4) is 0 Å². The lowest BCUT2D eigenvalue weighted by Crippen LogP contribution is -2.25. The van der Waals surface area contributed by atoms with Crippen LogP contribution in [0.15, 0.2) is 73.8 Å². The number of benzene rings is 2. The van der Waals surface area contributed by atoms with Crippen LogP contribution in [-0.4, -0.2) is 34.4 Å². The average molecular weight is 410 g/mol. The molecule has 2 unspecified atom stereocenters. The van der Waals surface area contributed by atoms with E-state index >= 15 is 0 Å². The number of aliphatic hydroxyl groups is 2. The van der Waals surface area contributed by atoms with Gasteiger partial charge in [-0.1, -0.05) is 51.3 Å². The van der Waals surface area contributed by atoms with E-state index in [4.69, 9.17) is 9.47 Å². The minimum Gasteiger partial charge on any atom is -0.457 e. The van der Waals surface area contributed by atoms with Crippen molar-refractivity contribution in [2.24, 2.45) is 0 Å². The summed E-state index contributed by atoms with van der Waals surface area (Å²) in [4.78, 5) is 22.8. The summed E-state index contributed by atoms with van der Waals surface area (Å²) in [5, 5.41) is 19.3. The Balaban J connectivity index is 2.20. The molecule has 6 nitrogen and oxygen atoms in total. The number of hydrogen-bond donors (Lipinski definition) is 2. The van der Waals surface area contributed by atoms with Gasteiger partial charge in [0.25, 0.3) is 12.6 Å². The summed E-state index contributed by atoms with van der Waals surface area (Å²) < 4.78 is 10.4. The van der Waals surface area contributed by atoms with E-state index in [2.05, 4.69) is 27.0 Å². The number of rotatable bonds is 11. The van der Waals surface area contributed by atoms with Crippen LogP contribution in [0.4, 0.5) is 0 Å². The SMILES string of the molecule is C=CC(=O)C(O)Oc1ccc(C(C)(CC)c2ccc(OC(O)C(=O)C=C)cc2)cc1. The van der Waals surface area contributed by atoms with E-state index in [-0.39, 0.29) is 5.41 Å². The molecule has 2 aromatic rings. The summed E-state index contributed by atoms with van der Waals surface area (Å²) >= 11 is 0. The number of carbonyl (C=O) groups excluding carboxylic acids is 2. The van der Waals surface area contributed by atoms with Gasteiger partial charge in [0.1, 0.15) is 11.5 Å². The standard InChI is InChI=1S/C24H26O6/c1-5-20(25)22(27)29-18-12-8-16(9-13-18)24(4,7-3)17-10-14-19(15-11-17)30-23(28)21(26)6-2/h5-6,8-15,22-23,27-28H,1-2,7H2,3-4H3. The van der Waals surface area contributed by atoms with Gasteiger partial charge in [-0.25, -0.2) is 0 Å². The van der Waals surface area contributed by atoms with E-state index < -0.39 is 24.1 Å². The van der Waals surface area contributed by atoms with Crippen LogP contribution in [0.25, 0.3) is 0 Å². The molecule has 0 heterocycles. The molecule has 2 N–H and O–H groups in total. The normalized spacial score (nSPS) is 14.7. The lowest BCUT2D eigenvalue weighted by molar-refractivity contribution is -0.136. The van der Waals surface area contributed by atoms with Gasteiger partial charge in [0, 0.05) is 5.41 Å². The Bertz CT molecular complexity index is 827. The van der Waals surface area contributed by atoms with Crippen LogP contribution in [0.5, 0.6) is 11.5 Å².